The van der Waals surface area contributed by atoms with E-state index < -0.39 is 11.4 Å². The van der Waals surface area contributed by atoms with Crippen molar-refractivity contribution in [1.82, 2.24) is 10.2 Å². The van der Waals surface area contributed by atoms with Crippen molar-refractivity contribution in [2.24, 2.45) is 11.3 Å². The van der Waals surface area contributed by atoms with Crippen molar-refractivity contribution in [3.8, 4) is 0 Å². The van der Waals surface area contributed by atoms with Gasteiger partial charge in [0.05, 0.1) is 5.41 Å². The number of hydrogen-bond donors (Lipinski definition) is 2. The number of nitrogens with zero attached hydrogens (tertiary/aromatic N) is 1. The van der Waals surface area contributed by atoms with E-state index in [-0.39, 0.29) is 18.6 Å². The van der Waals surface area contributed by atoms with Gasteiger partial charge in [0.2, 0.25) is 0 Å². The molecule has 5 nitrogen and oxygen atoms in total. The molecule has 0 aromatic carbocycles. The van der Waals surface area contributed by atoms with E-state index in [4.69, 9.17) is 5.11 Å². The Kier molecular flexibility index (Phi) is 3.50. The maximum Gasteiger partial charge on any atom is 0.317 e. The van der Waals surface area contributed by atoms with Crippen LogP contribution in [-0.2, 0) is 4.79 Å². The van der Waals surface area contributed by atoms with Gasteiger partial charge in [0.1, 0.15) is 0 Å². The van der Waals surface area contributed by atoms with E-state index >= 15 is 0 Å². The summed E-state index contributed by atoms with van der Waals surface area (Å²) in [6.45, 7) is 5.23. The van der Waals surface area contributed by atoms with Crippen molar-refractivity contribution in [3.63, 3.8) is 0 Å². The second-order valence-corrected chi connectivity index (χ2v) is 5.93. The van der Waals surface area contributed by atoms with Crippen LogP contribution in [0.4, 0.5) is 4.79 Å². The van der Waals surface area contributed by atoms with E-state index in [1.807, 2.05) is 4.90 Å². The molecule has 1 heterocycles. The van der Waals surface area contributed by atoms with Crippen LogP contribution in [0.15, 0.2) is 0 Å². The number of hydrogen-bond acceptors (Lipinski definition) is 2. The van der Waals surface area contributed by atoms with Gasteiger partial charge in [-0.3, -0.25) is 4.79 Å². The fraction of sp³-hybridized carbons (Fsp3) is 0.846. The standard InChI is InChI=1S/C13H22N2O3/c1-9-3-4-10(2)15(7-9)12(18)14-8-13(5-6-13)11(16)17/h9-10H,3-8H2,1-2H3,(H,14,18)(H,16,17). The van der Waals surface area contributed by atoms with Crippen molar-refractivity contribution >= 4 is 12.0 Å². The van der Waals surface area contributed by atoms with Crippen LogP contribution in [0.3, 0.4) is 0 Å². The largest absolute Gasteiger partial charge is 0.481 e. The van der Waals surface area contributed by atoms with Gasteiger partial charge < -0.3 is 15.3 Å². The van der Waals surface area contributed by atoms with Gasteiger partial charge in [-0.05, 0) is 38.5 Å². The van der Waals surface area contributed by atoms with Crippen LogP contribution in [0, 0.1) is 11.3 Å². The Labute approximate surface area is 108 Å². The summed E-state index contributed by atoms with van der Waals surface area (Å²) in [7, 11) is 0. The summed E-state index contributed by atoms with van der Waals surface area (Å²) >= 11 is 0. The molecule has 0 spiro atoms. The molecule has 2 aliphatic rings. The molecule has 2 fully saturated rings. The zero-order valence-electron chi connectivity index (χ0n) is 11.1. The third kappa shape index (κ3) is 2.60. The summed E-state index contributed by atoms with van der Waals surface area (Å²) in [5.74, 6) is -0.260. The van der Waals surface area contributed by atoms with Gasteiger partial charge in [0.15, 0.2) is 0 Å². The molecule has 0 radical (unpaired) electrons. The maximum absolute atomic E-state index is 12.1. The van der Waals surface area contributed by atoms with E-state index in [2.05, 4.69) is 19.2 Å². The molecule has 5 heteroatoms. The number of nitrogens with one attached hydrogen (secondary N) is 1. The third-order valence-electron chi connectivity index (χ3n) is 4.26. The number of urea groups is 1. The first kappa shape index (κ1) is 13.2. The molecule has 2 rings (SSSR count). The lowest BCUT2D eigenvalue weighted by Crippen LogP contribution is -2.51. The molecule has 1 saturated carbocycles. The highest BCUT2D eigenvalue weighted by Crippen LogP contribution is 2.45. The Morgan fingerprint density at radius 3 is 2.56 bits per heavy atom. The number of carbonyl (C=O) groups is 2. The van der Waals surface area contributed by atoms with Crippen LogP contribution in [0.25, 0.3) is 0 Å². The quantitative estimate of drug-likeness (QED) is 0.805. The summed E-state index contributed by atoms with van der Waals surface area (Å²) in [5, 5.41) is 11.8. The number of amides is 2. The molecule has 1 aliphatic carbocycles. The molecule has 18 heavy (non-hydrogen) atoms. The predicted molar refractivity (Wildman–Crippen MR) is 67.3 cm³/mol. The lowest BCUT2D eigenvalue weighted by atomic mass is 9.95. The van der Waals surface area contributed by atoms with E-state index in [9.17, 15) is 9.59 Å². The highest BCUT2D eigenvalue weighted by Gasteiger charge is 2.50. The molecule has 1 aliphatic heterocycles. The number of piperidine rings is 1. The highest BCUT2D eigenvalue weighted by atomic mass is 16.4. The number of carboxylic acids is 1. The Hall–Kier alpha value is -1.26. The number of carbonyl (C=O) groups excluding carboxylic acids is 1. The second kappa shape index (κ2) is 4.78. The molecule has 2 amide bonds. The molecular weight excluding hydrogens is 232 g/mol. The average Bonchev–Trinajstić information content (AvgIpc) is 3.10. The number of carboxylic acid groups (broad SMARTS) is 1. The Morgan fingerprint density at radius 2 is 2.00 bits per heavy atom. The molecule has 2 unspecified atom stereocenters. The normalized spacial score (nSPS) is 29.8. The van der Waals surface area contributed by atoms with Gasteiger partial charge in [-0.2, -0.15) is 0 Å². The lowest BCUT2D eigenvalue weighted by Gasteiger charge is -2.36. The predicted octanol–water partition coefficient (Wildman–Crippen LogP) is 1.68. The van der Waals surface area contributed by atoms with Crippen LogP contribution in [0.2, 0.25) is 0 Å². The molecule has 0 aromatic rings. The second-order valence-electron chi connectivity index (χ2n) is 5.93. The number of aliphatic carboxylic acids is 1. The van der Waals surface area contributed by atoms with Crippen molar-refractivity contribution < 1.29 is 14.7 Å². The molecule has 1 saturated heterocycles. The van der Waals surface area contributed by atoms with Crippen molar-refractivity contribution in [1.29, 1.82) is 0 Å². The minimum Gasteiger partial charge on any atom is -0.481 e. The first-order valence-electron chi connectivity index (χ1n) is 6.72. The van der Waals surface area contributed by atoms with Crippen molar-refractivity contribution in [2.75, 3.05) is 13.1 Å². The van der Waals surface area contributed by atoms with Crippen LogP contribution in [0.1, 0.15) is 39.5 Å². The van der Waals surface area contributed by atoms with E-state index in [0.29, 0.717) is 18.8 Å². The zero-order valence-corrected chi connectivity index (χ0v) is 11.1. The zero-order chi connectivity index (χ0) is 13.3. The molecule has 2 N–H and O–H groups in total. The van der Waals surface area contributed by atoms with Gasteiger partial charge in [-0.15, -0.1) is 0 Å². The fourth-order valence-electron chi connectivity index (χ4n) is 2.54. The topological polar surface area (TPSA) is 69.6 Å². The van der Waals surface area contributed by atoms with E-state index in [1.165, 1.54) is 0 Å². The van der Waals surface area contributed by atoms with Crippen LogP contribution < -0.4 is 5.32 Å². The number of likely N-dealkylation sites (tertiary alicyclic amines) is 1. The molecular formula is C13H22N2O3. The Bertz CT molecular complexity index is 352. The molecule has 0 aromatic heterocycles. The summed E-state index contributed by atoms with van der Waals surface area (Å²) < 4.78 is 0. The summed E-state index contributed by atoms with van der Waals surface area (Å²) in [6, 6.07) is 0.141. The smallest absolute Gasteiger partial charge is 0.317 e. The Balaban J connectivity index is 1.86. The summed E-state index contributed by atoms with van der Waals surface area (Å²) in [4.78, 5) is 24.9. The van der Waals surface area contributed by atoms with Gasteiger partial charge in [0, 0.05) is 19.1 Å². The van der Waals surface area contributed by atoms with Crippen molar-refractivity contribution in [3.05, 3.63) is 0 Å². The minimum atomic E-state index is -0.789. The maximum atomic E-state index is 12.1. The summed E-state index contributed by atoms with van der Waals surface area (Å²) in [6.07, 6.45) is 3.53. The fourth-order valence-corrected chi connectivity index (χ4v) is 2.54. The van der Waals surface area contributed by atoms with E-state index in [1.54, 1.807) is 0 Å². The van der Waals surface area contributed by atoms with Crippen molar-refractivity contribution in [2.45, 2.75) is 45.6 Å². The molecule has 0 bridgehead atoms. The Morgan fingerprint density at radius 1 is 1.33 bits per heavy atom. The van der Waals surface area contributed by atoms with E-state index in [0.717, 1.165) is 19.4 Å². The monoisotopic (exact) mass is 254 g/mol. The van der Waals surface area contributed by atoms with Crippen LogP contribution >= 0.6 is 0 Å². The summed E-state index contributed by atoms with van der Waals surface area (Å²) in [5.41, 5.74) is -0.680. The van der Waals surface area contributed by atoms with Gasteiger partial charge in [-0.1, -0.05) is 6.92 Å². The van der Waals surface area contributed by atoms with Crippen LogP contribution in [-0.4, -0.2) is 41.1 Å². The highest BCUT2D eigenvalue weighted by molar-refractivity contribution is 5.80. The SMILES string of the molecule is CC1CCC(C)N(C(=O)NCC2(C(=O)O)CC2)C1. The van der Waals surface area contributed by atoms with Crippen LogP contribution in [0.5, 0.6) is 0 Å². The first-order chi connectivity index (χ1) is 8.44. The lowest BCUT2D eigenvalue weighted by molar-refractivity contribution is -0.143. The molecule has 102 valence electrons. The van der Waals surface area contributed by atoms with Gasteiger partial charge in [0.25, 0.3) is 0 Å². The first-order valence-corrected chi connectivity index (χ1v) is 6.72. The third-order valence-corrected chi connectivity index (χ3v) is 4.26. The minimum absolute atomic E-state index is 0.110. The van der Waals surface area contributed by atoms with Gasteiger partial charge in [-0.25, -0.2) is 4.79 Å². The van der Waals surface area contributed by atoms with Gasteiger partial charge >= 0.3 is 12.0 Å². The molecule has 2 atom stereocenters. The average molecular weight is 254 g/mol. The number of rotatable bonds is 3.